The Morgan fingerprint density at radius 2 is 2.21 bits per heavy atom. The monoisotopic (exact) mass is 344 g/mol. The van der Waals surface area contributed by atoms with Crippen LogP contribution in [0.4, 0.5) is 0 Å². The van der Waals surface area contributed by atoms with E-state index in [0.29, 0.717) is 18.5 Å². The van der Waals surface area contributed by atoms with E-state index >= 15 is 0 Å². The molecule has 0 unspecified atom stereocenters. The fourth-order valence-electron chi connectivity index (χ4n) is 4.07. The molecule has 2 aromatic rings. The average Bonchev–Trinajstić information content (AvgIpc) is 3.35. The van der Waals surface area contributed by atoms with Crippen LogP contribution in [0.2, 0.25) is 0 Å². The van der Waals surface area contributed by atoms with Crippen molar-refractivity contribution >= 4 is 17.2 Å². The van der Waals surface area contributed by atoms with Crippen LogP contribution in [0, 0.1) is 0 Å². The number of thiophene rings is 1. The Kier molecular flexibility index (Phi) is 4.67. The van der Waals surface area contributed by atoms with E-state index in [2.05, 4.69) is 43.6 Å². The minimum absolute atomic E-state index is 0.288. The third kappa shape index (κ3) is 3.26. The number of amides is 1. The van der Waals surface area contributed by atoms with Gasteiger partial charge in [-0.25, -0.2) is 0 Å². The lowest BCUT2D eigenvalue weighted by Crippen LogP contribution is -2.43. The standard InChI is InChI=1S/C18H24N4OS/c23-18(22-10-2-5-16(22)17-6-3-11-24-17)13-21-9-1-4-14(12-21)15-7-8-19-20-15/h3,6-8,11,14,16H,1-2,4-5,9-10,12-13H2,(H,19,20)/t14-,16-/m1/s1. The van der Waals surface area contributed by atoms with Crippen molar-refractivity contribution in [3.63, 3.8) is 0 Å². The van der Waals surface area contributed by atoms with Gasteiger partial charge in [-0.2, -0.15) is 5.10 Å². The molecule has 0 saturated carbocycles. The van der Waals surface area contributed by atoms with Crippen molar-refractivity contribution in [2.45, 2.75) is 37.6 Å². The van der Waals surface area contributed by atoms with Crippen LogP contribution in [-0.4, -0.2) is 52.1 Å². The van der Waals surface area contributed by atoms with Gasteiger partial charge in [0, 0.05) is 35.8 Å². The molecule has 2 atom stereocenters. The quantitative estimate of drug-likeness (QED) is 0.927. The maximum Gasteiger partial charge on any atom is 0.237 e. The van der Waals surface area contributed by atoms with Gasteiger partial charge < -0.3 is 4.90 Å². The molecule has 2 aliphatic heterocycles. The number of rotatable bonds is 4. The molecule has 2 saturated heterocycles. The van der Waals surface area contributed by atoms with E-state index in [9.17, 15) is 4.79 Å². The number of likely N-dealkylation sites (tertiary alicyclic amines) is 2. The molecule has 4 heterocycles. The second-order valence-electron chi connectivity index (χ2n) is 6.85. The van der Waals surface area contributed by atoms with Crippen molar-refractivity contribution in [2.75, 3.05) is 26.2 Å². The van der Waals surface area contributed by atoms with E-state index in [1.165, 1.54) is 17.0 Å². The van der Waals surface area contributed by atoms with Crippen molar-refractivity contribution in [3.05, 3.63) is 40.3 Å². The van der Waals surface area contributed by atoms with E-state index in [1.54, 1.807) is 11.3 Å². The predicted octanol–water partition coefficient (Wildman–Crippen LogP) is 3.01. The Morgan fingerprint density at radius 1 is 1.29 bits per heavy atom. The van der Waals surface area contributed by atoms with Crippen molar-refractivity contribution in [1.29, 1.82) is 0 Å². The molecule has 1 N–H and O–H groups in total. The maximum atomic E-state index is 12.9. The summed E-state index contributed by atoms with van der Waals surface area (Å²) in [5.74, 6) is 0.761. The van der Waals surface area contributed by atoms with Crippen molar-refractivity contribution in [3.8, 4) is 0 Å². The van der Waals surface area contributed by atoms with Crippen LogP contribution in [0.5, 0.6) is 0 Å². The zero-order valence-electron chi connectivity index (χ0n) is 13.9. The minimum Gasteiger partial charge on any atom is -0.334 e. The lowest BCUT2D eigenvalue weighted by atomic mass is 9.95. The van der Waals surface area contributed by atoms with Crippen LogP contribution in [0.3, 0.4) is 0 Å². The average molecular weight is 344 g/mol. The van der Waals surface area contributed by atoms with Crippen LogP contribution >= 0.6 is 11.3 Å². The summed E-state index contributed by atoms with van der Waals surface area (Å²) in [6, 6.07) is 6.60. The van der Waals surface area contributed by atoms with E-state index in [0.717, 1.165) is 38.9 Å². The molecular formula is C18H24N4OS. The number of H-pyrrole nitrogens is 1. The second kappa shape index (κ2) is 7.07. The number of hydrogen-bond acceptors (Lipinski definition) is 4. The predicted molar refractivity (Wildman–Crippen MR) is 95.0 cm³/mol. The SMILES string of the molecule is O=C(CN1CCC[C@@H](c2ccn[nH]2)C1)N1CCC[C@@H]1c1cccs1. The van der Waals surface area contributed by atoms with Gasteiger partial charge in [-0.3, -0.25) is 14.8 Å². The largest absolute Gasteiger partial charge is 0.334 e. The van der Waals surface area contributed by atoms with Gasteiger partial charge in [-0.1, -0.05) is 6.07 Å². The minimum atomic E-state index is 0.288. The molecule has 2 aliphatic rings. The lowest BCUT2D eigenvalue weighted by Gasteiger charge is -2.33. The van der Waals surface area contributed by atoms with Crippen molar-refractivity contribution in [1.82, 2.24) is 20.0 Å². The molecule has 24 heavy (non-hydrogen) atoms. The van der Waals surface area contributed by atoms with Crippen LogP contribution in [0.25, 0.3) is 0 Å². The Labute approximate surface area is 146 Å². The summed E-state index contributed by atoms with van der Waals surface area (Å²) in [5, 5.41) is 9.27. The maximum absolute atomic E-state index is 12.9. The third-order valence-corrected chi connectivity index (χ3v) is 6.24. The van der Waals surface area contributed by atoms with Crippen molar-refractivity contribution < 1.29 is 4.79 Å². The Bertz CT molecular complexity index is 655. The lowest BCUT2D eigenvalue weighted by molar-refractivity contribution is -0.133. The molecule has 2 fully saturated rings. The summed E-state index contributed by atoms with van der Waals surface area (Å²) < 4.78 is 0. The molecule has 0 aliphatic carbocycles. The summed E-state index contributed by atoms with van der Waals surface area (Å²) in [7, 11) is 0. The number of carbonyl (C=O) groups excluding carboxylic acids is 1. The summed E-state index contributed by atoms with van der Waals surface area (Å²) in [6.07, 6.45) is 6.35. The summed E-state index contributed by atoms with van der Waals surface area (Å²) in [6.45, 7) is 3.42. The molecule has 0 aromatic carbocycles. The number of nitrogens with zero attached hydrogens (tertiary/aromatic N) is 3. The highest BCUT2D eigenvalue weighted by atomic mass is 32.1. The van der Waals surface area contributed by atoms with Crippen LogP contribution < -0.4 is 0 Å². The van der Waals surface area contributed by atoms with Gasteiger partial charge in [0.05, 0.1) is 12.6 Å². The first kappa shape index (κ1) is 15.8. The number of nitrogens with one attached hydrogen (secondary N) is 1. The first-order valence-electron chi connectivity index (χ1n) is 8.86. The Morgan fingerprint density at radius 3 is 3.00 bits per heavy atom. The van der Waals surface area contributed by atoms with Gasteiger partial charge in [0.1, 0.15) is 0 Å². The normalized spacial score (nSPS) is 25.2. The first-order chi connectivity index (χ1) is 11.8. The zero-order valence-corrected chi connectivity index (χ0v) is 14.7. The van der Waals surface area contributed by atoms with Gasteiger partial charge in [0.2, 0.25) is 5.91 Å². The zero-order chi connectivity index (χ0) is 16.4. The fourth-order valence-corrected chi connectivity index (χ4v) is 4.94. The molecule has 4 rings (SSSR count). The van der Waals surface area contributed by atoms with E-state index in [4.69, 9.17) is 0 Å². The van der Waals surface area contributed by atoms with Crippen LogP contribution in [-0.2, 0) is 4.79 Å². The molecule has 128 valence electrons. The highest BCUT2D eigenvalue weighted by molar-refractivity contribution is 7.10. The topological polar surface area (TPSA) is 52.2 Å². The van der Waals surface area contributed by atoms with Gasteiger partial charge in [0.15, 0.2) is 0 Å². The highest BCUT2D eigenvalue weighted by Gasteiger charge is 2.32. The smallest absolute Gasteiger partial charge is 0.237 e. The molecule has 1 amide bonds. The van der Waals surface area contributed by atoms with Gasteiger partial charge in [-0.05, 0) is 49.7 Å². The summed E-state index contributed by atoms with van der Waals surface area (Å²) in [5.41, 5.74) is 1.20. The summed E-state index contributed by atoms with van der Waals surface area (Å²) >= 11 is 1.77. The van der Waals surface area contributed by atoms with E-state index < -0.39 is 0 Å². The van der Waals surface area contributed by atoms with E-state index in [1.807, 2.05) is 6.20 Å². The molecule has 5 nitrogen and oxygen atoms in total. The number of carbonyl (C=O) groups is 1. The summed E-state index contributed by atoms with van der Waals surface area (Å²) in [4.78, 5) is 18.6. The van der Waals surface area contributed by atoms with Gasteiger partial charge in [-0.15, -0.1) is 11.3 Å². The number of aromatic amines is 1. The third-order valence-electron chi connectivity index (χ3n) is 5.27. The van der Waals surface area contributed by atoms with E-state index in [-0.39, 0.29) is 5.91 Å². The van der Waals surface area contributed by atoms with Gasteiger partial charge >= 0.3 is 0 Å². The molecular weight excluding hydrogens is 320 g/mol. The highest BCUT2D eigenvalue weighted by Crippen LogP contribution is 2.34. The first-order valence-corrected chi connectivity index (χ1v) is 9.74. The number of hydrogen-bond donors (Lipinski definition) is 1. The molecule has 0 radical (unpaired) electrons. The second-order valence-corrected chi connectivity index (χ2v) is 7.83. The molecule has 6 heteroatoms. The fraction of sp³-hybridized carbons (Fsp3) is 0.556. The molecule has 2 aromatic heterocycles. The molecule has 0 bridgehead atoms. The van der Waals surface area contributed by atoms with Crippen LogP contribution in [0.1, 0.15) is 48.2 Å². The Balaban J connectivity index is 1.38. The molecule has 0 spiro atoms. The van der Waals surface area contributed by atoms with Gasteiger partial charge in [0.25, 0.3) is 0 Å². The Hall–Kier alpha value is -1.66. The van der Waals surface area contributed by atoms with Crippen molar-refractivity contribution in [2.24, 2.45) is 0 Å². The number of aromatic nitrogens is 2. The van der Waals surface area contributed by atoms with Crippen LogP contribution in [0.15, 0.2) is 29.8 Å². The number of piperidine rings is 1.